The molecule has 0 amide bonds. The van der Waals surface area contributed by atoms with Gasteiger partial charge in [-0.1, -0.05) is 57.9 Å². The van der Waals surface area contributed by atoms with Gasteiger partial charge in [-0.15, -0.1) is 0 Å². The zero-order valence-electron chi connectivity index (χ0n) is 21.6. The fourth-order valence-electron chi connectivity index (χ4n) is 6.30. The lowest BCUT2D eigenvalue weighted by Gasteiger charge is -2.38. The molecule has 0 radical (unpaired) electrons. The third-order valence-corrected chi connectivity index (χ3v) is 7.67. The highest BCUT2D eigenvalue weighted by molar-refractivity contribution is 5.75. The molecule has 0 bridgehead atoms. The normalized spacial score (nSPS) is 19.6. The Hall–Kier alpha value is -2.76. The van der Waals surface area contributed by atoms with Gasteiger partial charge in [0.05, 0.1) is 5.69 Å². The van der Waals surface area contributed by atoms with Crippen LogP contribution in [0.5, 0.6) is 0 Å². The Morgan fingerprint density at radius 3 is 2.03 bits per heavy atom. The largest absolute Gasteiger partial charge is 0.257 e. The SMILES string of the molecule is C[C@H]1CC(C)(C)Cc2nc(C3CCCC3)c(C(F)c3ccc(F)cc3)c(-c3ccc(F)cc3)c21.FCF. The van der Waals surface area contributed by atoms with Gasteiger partial charge in [-0.2, -0.15) is 0 Å². The van der Waals surface area contributed by atoms with Crippen molar-refractivity contribution in [3.63, 3.8) is 0 Å². The lowest BCUT2D eigenvalue weighted by atomic mass is 9.68. The fourth-order valence-corrected chi connectivity index (χ4v) is 6.30. The van der Waals surface area contributed by atoms with Gasteiger partial charge in [0.2, 0.25) is 6.93 Å². The summed E-state index contributed by atoms with van der Waals surface area (Å²) in [4.78, 5) is 5.22. The van der Waals surface area contributed by atoms with E-state index in [2.05, 4.69) is 20.8 Å². The maximum Gasteiger partial charge on any atom is 0.229 e. The molecule has 2 aromatic carbocycles. The molecule has 1 heterocycles. The van der Waals surface area contributed by atoms with E-state index in [0.29, 0.717) is 11.1 Å². The van der Waals surface area contributed by atoms with E-state index in [-0.39, 0.29) is 28.9 Å². The maximum atomic E-state index is 16.6. The number of nitrogens with zero attached hydrogens (tertiary/aromatic N) is 1. The first-order chi connectivity index (χ1) is 17.6. The van der Waals surface area contributed by atoms with Crippen molar-refractivity contribution in [2.45, 2.75) is 77.3 Å². The van der Waals surface area contributed by atoms with E-state index in [9.17, 15) is 17.6 Å². The average molecular weight is 516 g/mol. The summed E-state index contributed by atoms with van der Waals surface area (Å²) < 4.78 is 63.3. The maximum absolute atomic E-state index is 16.6. The zero-order chi connectivity index (χ0) is 26.7. The number of hydrogen-bond acceptors (Lipinski definition) is 1. The zero-order valence-corrected chi connectivity index (χ0v) is 21.6. The van der Waals surface area contributed by atoms with Crippen LogP contribution in [0.25, 0.3) is 11.1 Å². The van der Waals surface area contributed by atoms with E-state index in [1.807, 2.05) is 0 Å². The van der Waals surface area contributed by atoms with Crippen LogP contribution in [0.15, 0.2) is 48.5 Å². The molecule has 2 atom stereocenters. The average Bonchev–Trinajstić information content (AvgIpc) is 3.38. The quantitative estimate of drug-likeness (QED) is 0.315. The van der Waals surface area contributed by atoms with Gasteiger partial charge in [0, 0.05) is 17.2 Å². The van der Waals surface area contributed by atoms with Crippen molar-refractivity contribution in [2.24, 2.45) is 5.41 Å². The van der Waals surface area contributed by atoms with Gasteiger partial charge in [-0.3, -0.25) is 4.98 Å². The number of rotatable bonds is 4. The van der Waals surface area contributed by atoms with Crippen molar-refractivity contribution < 1.29 is 22.0 Å². The van der Waals surface area contributed by atoms with E-state index < -0.39 is 13.1 Å². The van der Waals surface area contributed by atoms with Crippen LogP contribution in [0.4, 0.5) is 22.0 Å². The monoisotopic (exact) mass is 515 g/mol. The van der Waals surface area contributed by atoms with Crippen molar-refractivity contribution in [3.8, 4) is 11.1 Å². The van der Waals surface area contributed by atoms with Crippen LogP contribution < -0.4 is 0 Å². The van der Waals surface area contributed by atoms with Crippen LogP contribution in [0.3, 0.4) is 0 Å². The number of alkyl halides is 3. The minimum absolute atomic E-state index is 0.111. The summed E-state index contributed by atoms with van der Waals surface area (Å²) in [5.41, 5.74) is 5.81. The molecule has 37 heavy (non-hydrogen) atoms. The van der Waals surface area contributed by atoms with Crippen molar-refractivity contribution in [3.05, 3.63) is 88.2 Å². The van der Waals surface area contributed by atoms with E-state index >= 15 is 4.39 Å². The lowest BCUT2D eigenvalue weighted by Crippen LogP contribution is -2.28. The number of hydrogen-bond donors (Lipinski definition) is 0. The lowest BCUT2D eigenvalue weighted by molar-refractivity contribution is 0.283. The molecule has 1 unspecified atom stereocenters. The summed E-state index contributed by atoms with van der Waals surface area (Å²) in [5.74, 6) is -0.291. The van der Waals surface area contributed by atoms with Gasteiger partial charge in [0.25, 0.3) is 0 Å². The number of halogens is 5. The van der Waals surface area contributed by atoms with Crippen molar-refractivity contribution in [1.29, 1.82) is 0 Å². The second-order valence-corrected chi connectivity index (χ2v) is 11.1. The first kappa shape index (κ1) is 27.3. The molecule has 1 fully saturated rings. The third-order valence-electron chi connectivity index (χ3n) is 7.67. The standard InChI is InChI=1S/C30H32F3N.CH2F2/c1-18-16-30(2,3)17-24-25(18)26(19-8-12-22(31)13-9-19)27(29(34-24)21-6-4-5-7-21)28(33)20-10-14-23(32)15-11-20;2-1-3/h8-15,18,21,28H,4-7,16-17H2,1-3H3;1H2/t18-,28?;/m0./s1. The van der Waals surface area contributed by atoms with Gasteiger partial charge in [0.1, 0.15) is 11.6 Å². The van der Waals surface area contributed by atoms with Gasteiger partial charge >= 0.3 is 0 Å². The highest BCUT2D eigenvalue weighted by Crippen LogP contribution is 2.51. The smallest absolute Gasteiger partial charge is 0.229 e. The van der Waals surface area contributed by atoms with Crippen LogP contribution in [-0.2, 0) is 6.42 Å². The third kappa shape index (κ3) is 5.89. The number of pyridine rings is 1. The molecule has 2 aliphatic carbocycles. The number of fused-ring (bicyclic) bond motifs is 1. The van der Waals surface area contributed by atoms with Crippen LogP contribution >= 0.6 is 0 Å². The highest BCUT2D eigenvalue weighted by atomic mass is 19.3. The fraction of sp³-hybridized carbons (Fsp3) is 0.452. The molecule has 1 aromatic heterocycles. The summed E-state index contributed by atoms with van der Waals surface area (Å²) in [6, 6.07) is 12.1. The first-order valence-corrected chi connectivity index (χ1v) is 13.0. The predicted octanol–water partition coefficient (Wildman–Crippen LogP) is 9.70. The summed E-state index contributed by atoms with van der Waals surface area (Å²) in [6.45, 7) is 4.98. The molecule has 198 valence electrons. The Kier molecular flexibility index (Phi) is 8.35. The molecule has 0 aliphatic heterocycles. The van der Waals surface area contributed by atoms with Crippen LogP contribution in [0.2, 0.25) is 0 Å². The topological polar surface area (TPSA) is 12.9 Å². The van der Waals surface area contributed by atoms with Crippen molar-refractivity contribution in [2.75, 3.05) is 6.93 Å². The molecule has 0 spiro atoms. The minimum Gasteiger partial charge on any atom is -0.257 e. The molecule has 5 rings (SSSR count). The van der Waals surface area contributed by atoms with Crippen LogP contribution in [0, 0.1) is 17.0 Å². The molecule has 3 aromatic rings. The Labute approximate surface area is 216 Å². The number of aromatic nitrogens is 1. The molecule has 2 aliphatic rings. The van der Waals surface area contributed by atoms with Crippen molar-refractivity contribution in [1.82, 2.24) is 4.98 Å². The minimum atomic E-state index is -1.75. The molecule has 0 N–H and O–H groups in total. The summed E-state index contributed by atoms with van der Waals surface area (Å²) in [7, 11) is 0. The van der Waals surface area contributed by atoms with Gasteiger partial charge < -0.3 is 0 Å². The summed E-state index contributed by atoms with van der Waals surface area (Å²) in [5, 5.41) is 0. The summed E-state index contributed by atoms with van der Waals surface area (Å²) >= 11 is 0. The van der Waals surface area contributed by atoms with E-state index in [1.54, 1.807) is 12.1 Å². The summed E-state index contributed by atoms with van der Waals surface area (Å²) in [6.07, 6.45) is 4.61. The number of benzene rings is 2. The second kappa shape index (κ2) is 11.3. The first-order valence-electron chi connectivity index (χ1n) is 13.0. The van der Waals surface area contributed by atoms with E-state index in [1.165, 1.54) is 36.4 Å². The Morgan fingerprint density at radius 2 is 1.46 bits per heavy atom. The van der Waals surface area contributed by atoms with E-state index in [4.69, 9.17) is 4.98 Å². The highest BCUT2D eigenvalue weighted by Gasteiger charge is 2.38. The Morgan fingerprint density at radius 1 is 0.919 bits per heavy atom. The predicted molar refractivity (Wildman–Crippen MR) is 138 cm³/mol. The molecule has 1 saturated carbocycles. The van der Waals surface area contributed by atoms with Gasteiger partial charge in [0.15, 0.2) is 6.17 Å². The Bertz CT molecular complexity index is 1200. The molecule has 6 heteroatoms. The molecule has 1 nitrogen and oxygen atoms in total. The van der Waals surface area contributed by atoms with Gasteiger partial charge in [-0.05, 0) is 83.5 Å². The van der Waals surface area contributed by atoms with Crippen LogP contribution in [0.1, 0.15) is 99.0 Å². The Balaban J connectivity index is 0.00000102. The van der Waals surface area contributed by atoms with Crippen LogP contribution in [-0.4, -0.2) is 11.9 Å². The van der Waals surface area contributed by atoms with Gasteiger partial charge in [-0.25, -0.2) is 22.0 Å². The molecular formula is C31H34F5N. The second-order valence-electron chi connectivity index (χ2n) is 11.1. The van der Waals surface area contributed by atoms with E-state index in [0.717, 1.165) is 66.6 Å². The molecule has 0 saturated heterocycles. The van der Waals surface area contributed by atoms with Crippen molar-refractivity contribution >= 4 is 0 Å². The molecular weight excluding hydrogens is 481 g/mol.